The van der Waals surface area contributed by atoms with Gasteiger partial charge in [-0.2, -0.15) is 0 Å². The zero-order chi connectivity index (χ0) is 20.9. The normalized spacial score (nSPS) is 13.7. The van der Waals surface area contributed by atoms with E-state index in [-0.39, 0.29) is 11.5 Å². The van der Waals surface area contributed by atoms with Gasteiger partial charge in [0, 0.05) is 24.2 Å². The third-order valence-corrected chi connectivity index (χ3v) is 4.96. The molecule has 6 nitrogen and oxygen atoms in total. The van der Waals surface area contributed by atoms with E-state index < -0.39 is 5.91 Å². The van der Waals surface area contributed by atoms with E-state index in [1.807, 2.05) is 42.5 Å². The molecular weight excluding hydrogens is 380 g/mol. The Labute approximate surface area is 174 Å². The molecule has 1 aliphatic heterocycles. The first-order valence-electron chi connectivity index (χ1n) is 9.76. The van der Waals surface area contributed by atoms with E-state index in [4.69, 9.17) is 15.2 Å². The van der Waals surface area contributed by atoms with Gasteiger partial charge in [-0.05, 0) is 35.9 Å². The van der Waals surface area contributed by atoms with E-state index in [2.05, 4.69) is 0 Å². The average Bonchev–Trinajstić information content (AvgIpc) is 2.80. The summed E-state index contributed by atoms with van der Waals surface area (Å²) in [6.45, 7) is 2.23. The number of hydrogen-bond donors (Lipinski definition) is 1. The number of rotatable bonds is 5. The minimum absolute atomic E-state index is 0.0447. The summed E-state index contributed by atoms with van der Waals surface area (Å²) in [4.78, 5) is 26.7. The number of carbonyl (C=O) groups is 2. The lowest BCUT2D eigenvalue weighted by Crippen LogP contribution is -2.40. The zero-order valence-electron chi connectivity index (χ0n) is 16.4. The van der Waals surface area contributed by atoms with E-state index >= 15 is 0 Å². The summed E-state index contributed by atoms with van der Waals surface area (Å²) in [6.07, 6.45) is 0. The second-order valence-electron chi connectivity index (χ2n) is 6.95. The molecule has 1 heterocycles. The summed E-state index contributed by atoms with van der Waals surface area (Å²) in [5, 5.41) is 0. The Hall–Kier alpha value is -3.64. The molecule has 3 aromatic carbocycles. The van der Waals surface area contributed by atoms with Crippen LogP contribution in [0.2, 0.25) is 0 Å². The van der Waals surface area contributed by atoms with Crippen LogP contribution in [-0.4, -0.2) is 43.0 Å². The van der Waals surface area contributed by atoms with Gasteiger partial charge in [0.05, 0.1) is 18.8 Å². The van der Waals surface area contributed by atoms with Crippen molar-refractivity contribution in [3.8, 4) is 22.6 Å². The highest BCUT2D eigenvalue weighted by Gasteiger charge is 2.21. The van der Waals surface area contributed by atoms with Crippen LogP contribution in [0.3, 0.4) is 0 Å². The standard InChI is InChI=1S/C24H22N2O4/c25-23(27)21-11-5-10-20(22(21)30-19-8-2-1-3-9-19)17-6-4-7-18(16-17)24(28)26-12-14-29-15-13-26/h1-11,16H,12-15H2,(H2,25,27). The number of nitrogens with two attached hydrogens (primary N) is 1. The summed E-state index contributed by atoms with van der Waals surface area (Å²) < 4.78 is 11.4. The van der Waals surface area contributed by atoms with Gasteiger partial charge < -0.3 is 20.1 Å². The minimum Gasteiger partial charge on any atom is -0.456 e. The minimum atomic E-state index is -0.580. The summed E-state index contributed by atoms with van der Waals surface area (Å²) >= 11 is 0. The zero-order valence-corrected chi connectivity index (χ0v) is 16.4. The topological polar surface area (TPSA) is 81.9 Å². The molecule has 4 rings (SSSR count). The van der Waals surface area contributed by atoms with Crippen LogP contribution in [-0.2, 0) is 4.74 Å². The van der Waals surface area contributed by atoms with E-state index in [9.17, 15) is 9.59 Å². The molecule has 2 N–H and O–H groups in total. The lowest BCUT2D eigenvalue weighted by atomic mass is 9.98. The predicted molar refractivity (Wildman–Crippen MR) is 114 cm³/mol. The van der Waals surface area contributed by atoms with Gasteiger partial charge in [-0.25, -0.2) is 0 Å². The second-order valence-corrected chi connectivity index (χ2v) is 6.95. The Kier molecular flexibility index (Phi) is 5.77. The molecule has 6 heteroatoms. The summed E-state index contributed by atoms with van der Waals surface area (Å²) in [7, 11) is 0. The van der Waals surface area contributed by atoms with Gasteiger partial charge in [0.2, 0.25) is 0 Å². The lowest BCUT2D eigenvalue weighted by molar-refractivity contribution is 0.0303. The molecule has 1 fully saturated rings. The molecule has 0 bridgehead atoms. The number of carbonyl (C=O) groups excluding carboxylic acids is 2. The molecule has 1 aliphatic rings. The highest BCUT2D eigenvalue weighted by molar-refractivity contribution is 5.99. The van der Waals surface area contributed by atoms with Gasteiger partial charge in [-0.1, -0.05) is 42.5 Å². The smallest absolute Gasteiger partial charge is 0.254 e. The van der Waals surface area contributed by atoms with Crippen molar-refractivity contribution >= 4 is 11.8 Å². The van der Waals surface area contributed by atoms with Crippen molar-refractivity contribution in [3.05, 3.63) is 83.9 Å². The molecule has 2 amide bonds. The number of hydrogen-bond acceptors (Lipinski definition) is 4. The van der Waals surface area contributed by atoms with Crippen LogP contribution in [0, 0.1) is 0 Å². The highest BCUT2D eigenvalue weighted by Crippen LogP contribution is 2.36. The first-order valence-corrected chi connectivity index (χ1v) is 9.76. The summed E-state index contributed by atoms with van der Waals surface area (Å²) in [5.41, 5.74) is 7.91. The highest BCUT2D eigenvalue weighted by atomic mass is 16.5. The van der Waals surface area contributed by atoms with E-state index in [0.29, 0.717) is 48.9 Å². The van der Waals surface area contributed by atoms with Crippen molar-refractivity contribution in [1.82, 2.24) is 4.90 Å². The van der Waals surface area contributed by atoms with Crippen LogP contribution >= 0.6 is 0 Å². The van der Waals surface area contributed by atoms with E-state index in [0.717, 1.165) is 5.56 Å². The van der Waals surface area contributed by atoms with Crippen molar-refractivity contribution < 1.29 is 19.1 Å². The van der Waals surface area contributed by atoms with Gasteiger partial charge in [-0.3, -0.25) is 9.59 Å². The first-order chi connectivity index (χ1) is 14.6. The lowest BCUT2D eigenvalue weighted by Gasteiger charge is -2.27. The van der Waals surface area contributed by atoms with Crippen molar-refractivity contribution in [3.63, 3.8) is 0 Å². The Bertz CT molecular complexity index is 1060. The van der Waals surface area contributed by atoms with Crippen LogP contribution in [0.15, 0.2) is 72.8 Å². The Balaban J connectivity index is 1.74. The van der Waals surface area contributed by atoms with E-state index in [1.165, 1.54) is 0 Å². The molecule has 0 saturated carbocycles. The third kappa shape index (κ3) is 4.18. The molecule has 0 aromatic heterocycles. The molecule has 0 radical (unpaired) electrons. The number of primary amides is 1. The molecule has 0 atom stereocenters. The molecule has 0 unspecified atom stereocenters. The molecule has 0 spiro atoms. The van der Waals surface area contributed by atoms with Crippen LogP contribution in [0.1, 0.15) is 20.7 Å². The summed E-state index contributed by atoms with van der Waals surface area (Å²) in [6, 6.07) is 21.7. The fraction of sp³-hybridized carbons (Fsp3) is 0.167. The second kappa shape index (κ2) is 8.80. The molecule has 30 heavy (non-hydrogen) atoms. The number of amides is 2. The SMILES string of the molecule is NC(=O)c1cccc(-c2cccc(C(=O)N3CCOCC3)c2)c1Oc1ccccc1. The predicted octanol–water partition coefficient (Wildman–Crippen LogP) is 3.72. The van der Waals surface area contributed by atoms with Crippen molar-refractivity contribution in [2.45, 2.75) is 0 Å². The van der Waals surface area contributed by atoms with Crippen molar-refractivity contribution in [1.29, 1.82) is 0 Å². The van der Waals surface area contributed by atoms with E-state index in [1.54, 1.807) is 35.2 Å². The van der Waals surface area contributed by atoms with Crippen molar-refractivity contribution in [2.75, 3.05) is 26.3 Å². The Morgan fingerprint density at radius 3 is 2.37 bits per heavy atom. The van der Waals surface area contributed by atoms with Gasteiger partial charge in [0.25, 0.3) is 11.8 Å². The maximum Gasteiger partial charge on any atom is 0.254 e. The molecule has 152 valence electrons. The Morgan fingerprint density at radius 2 is 1.63 bits per heavy atom. The fourth-order valence-electron chi connectivity index (χ4n) is 3.44. The number of morpholine rings is 1. The molecule has 1 saturated heterocycles. The maximum atomic E-state index is 12.9. The van der Waals surface area contributed by atoms with Crippen LogP contribution in [0.4, 0.5) is 0 Å². The average molecular weight is 402 g/mol. The van der Waals surface area contributed by atoms with Gasteiger partial charge in [0.15, 0.2) is 0 Å². The molecular formula is C24H22N2O4. The number of ether oxygens (including phenoxy) is 2. The molecule has 3 aromatic rings. The van der Waals surface area contributed by atoms with Gasteiger partial charge >= 0.3 is 0 Å². The fourth-order valence-corrected chi connectivity index (χ4v) is 3.44. The Morgan fingerprint density at radius 1 is 0.900 bits per heavy atom. The third-order valence-electron chi connectivity index (χ3n) is 4.96. The van der Waals surface area contributed by atoms with Gasteiger partial charge in [0.1, 0.15) is 11.5 Å². The maximum absolute atomic E-state index is 12.9. The largest absolute Gasteiger partial charge is 0.456 e. The summed E-state index contributed by atoms with van der Waals surface area (Å²) in [5.74, 6) is 0.334. The monoisotopic (exact) mass is 402 g/mol. The number of benzene rings is 3. The molecule has 0 aliphatic carbocycles. The van der Waals surface area contributed by atoms with Crippen LogP contribution in [0.25, 0.3) is 11.1 Å². The first kappa shape index (κ1) is 19.7. The number of nitrogens with zero attached hydrogens (tertiary/aromatic N) is 1. The van der Waals surface area contributed by atoms with Crippen LogP contribution in [0.5, 0.6) is 11.5 Å². The van der Waals surface area contributed by atoms with Crippen LogP contribution < -0.4 is 10.5 Å². The quantitative estimate of drug-likeness (QED) is 0.705. The number of para-hydroxylation sites is 2. The van der Waals surface area contributed by atoms with Crippen molar-refractivity contribution in [2.24, 2.45) is 5.73 Å². The van der Waals surface area contributed by atoms with Gasteiger partial charge in [-0.15, -0.1) is 0 Å².